The molecule has 0 bridgehead atoms. The largest absolute Gasteiger partial charge is 0.433 e. The van der Waals surface area contributed by atoms with Gasteiger partial charge in [0.05, 0.1) is 12.1 Å². The van der Waals surface area contributed by atoms with Gasteiger partial charge < -0.3 is 16.0 Å². The van der Waals surface area contributed by atoms with Crippen molar-refractivity contribution >= 4 is 22.7 Å². The topological polar surface area (TPSA) is 102 Å². The molecule has 0 spiro atoms. The number of nitrogens with two attached hydrogens (primary N) is 1. The number of anilines is 2. The van der Waals surface area contributed by atoms with E-state index in [2.05, 4.69) is 20.3 Å². The lowest BCUT2D eigenvalue weighted by molar-refractivity contribution is -0.141. The monoisotopic (exact) mass is 378 g/mol. The van der Waals surface area contributed by atoms with Crippen molar-refractivity contribution < 1.29 is 13.2 Å². The summed E-state index contributed by atoms with van der Waals surface area (Å²) in [4.78, 5) is 22.3. The van der Waals surface area contributed by atoms with Gasteiger partial charge in [0.2, 0.25) is 0 Å². The number of aromatic nitrogens is 4. The lowest BCUT2D eigenvalue weighted by Crippen LogP contribution is -2.18. The summed E-state index contributed by atoms with van der Waals surface area (Å²) in [7, 11) is 0. The number of H-pyrrole nitrogens is 1. The number of halogens is 3. The molecule has 0 radical (unpaired) electrons. The SMILES string of the molecule is Nc1nc(C(F)(F)F)cc2c1[nH]c(=O)n2Cc1ccc(NCC2CC2)nc1. The summed E-state index contributed by atoms with van der Waals surface area (Å²) in [6.45, 7) is 0.941. The van der Waals surface area contributed by atoms with Crippen molar-refractivity contribution in [2.24, 2.45) is 5.92 Å². The second kappa shape index (κ2) is 6.29. The van der Waals surface area contributed by atoms with Crippen molar-refractivity contribution in [2.75, 3.05) is 17.6 Å². The van der Waals surface area contributed by atoms with Crippen molar-refractivity contribution in [3.05, 3.63) is 46.1 Å². The number of nitrogen functional groups attached to an aromatic ring is 1. The standard InChI is InChI=1S/C17H17F3N6O/c18-17(19,20)12-5-11-14(15(21)24-12)25-16(27)26(11)8-10-3-4-13(23-7-10)22-6-9-1-2-9/h3-5,7,9H,1-2,6,8H2,(H2,21,24)(H,22,23)(H,25,27). The summed E-state index contributed by atoms with van der Waals surface area (Å²) in [5, 5.41) is 3.23. The maximum Gasteiger partial charge on any atom is 0.433 e. The lowest BCUT2D eigenvalue weighted by atomic mass is 10.2. The molecule has 10 heteroatoms. The molecule has 1 saturated carbocycles. The van der Waals surface area contributed by atoms with Crippen LogP contribution in [-0.2, 0) is 12.7 Å². The number of fused-ring (bicyclic) bond motifs is 1. The molecule has 1 fully saturated rings. The van der Waals surface area contributed by atoms with Crippen LogP contribution in [0.1, 0.15) is 24.1 Å². The average Bonchev–Trinajstić information content (AvgIpc) is 3.39. The van der Waals surface area contributed by atoms with Crippen LogP contribution in [0.15, 0.2) is 29.2 Å². The van der Waals surface area contributed by atoms with E-state index in [1.807, 2.05) is 0 Å². The Morgan fingerprint density at radius 2 is 2.11 bits per heavy atom. The molecule has 0 atom stereocenters. The summed E-state index contributed by atoms with van der Waals surface area (Å²) < 4.78 is 40.2. The third kappa shape index (κ3) is 3.60. The van der Waals surface area contributed by atoms with E-state index in [1.54, 1.807) is 18.3 Å². The molecule has 142 valence electrons. The van der Waals surface area contributed by atoms with Crippen LogP contribution < -0.4 is 16.7 Å². The molecular weight excluding hydrogens is 361 g/mol. The highest BCUT2D eigenvalue weighted by Crippen LogP contribution is 2.31. The first-order valence-corrected chi connectivity index (χ1v) is 8.46. The zero-order valence-corrected chi connectivity index (χ0v) is 14.2. The number of pyridine rings is 2. The smallest absolute Gasteiger partial charge is 0.382 e. The Morgan fingerprint density at radius 3 is 2.74 bits per heavy atom. The van der Waals surface area contributed by atoms with Gasteiger partial charge in [-0.2, -0.15) is 13.2 Å². The molecule has 4 rings (SSSR count). The van der Waals surface area contributed by atoms with E-state index in [9.17, 15) is 18.0 Å². The van der Waals surface area contributed by atoms with Gasteiger partial charge in [0.25, 0.3) is 0 Å². The number of hydrogen-bond donors (Lipinski definition) is 3. The van der Waals surface area contributed by atoms with Crippen LogP contribution in [0.2, 0.25) is 0 Å². The number of imidazole rings is 1. The van der Waals surface area contributed by atoms with Crippen molar-refractivity contribution in [1.29, 1.82) is 0 Å². The van der Waals surface area contributed by atoms with Crippen LogP contribution in [0.5, 0.6) is 0 Å². The van der Waals surface area contributed by atoms with Crippen molar-refractivity contribution in [2.45, 2.75) is 25.6 Å². The third-order valence-electron chi connectivity index (χ3n) is 4.52. The maximum atomic E-state index is 13.0. The zero-order valence-electron chi connectivity index (χ0n) is 14.2. The molecule has 0 amide bonds. The quantitative estimate of drug-likeness (QED) is 0.633. The van der Waals surface area contributed by atoms with Crippen LogP contribution in [0.4, 0.5) is 24.8 Å². The summed E-state index contributed by atoms with van der Waals surface area (Å²) >= 11 is 0. The first-order chi connectivity index (χ1) is 12.8. The zero-order chi connectivity index (χ0) is 19.2. The van der Waals surface area contributed by atoms with Crippen molar-refractivity contribution in [3.8, 4) is 0 Å². The summed E-state index contributed by atoms with van der Waals surface area (Å²) in [5.74, 6) is 1.07. The molecule has 0 aliphatic heterocycles. The van der Waals surface area contributed by atoms with Gasteiger partial charge in [-0.25, -0.2) is 14.8 Å². The van der Waals surface area contributed by atoms with Gasteiger partial charge in [-0.05, 0) is 36.5 Å². The first-order valence-electron chi connectivity index (χ1n) is 8.46. The summed E-state index contributed by atoms with van der Waals surface area (Å²) in [6.07, 6.45) is -0.606. The van der Waals surface area contributed by atoms with E-state index < -0.39 is 17.6 Å². The molecule has 0 saturated heterocycles. The Bertz CT molecular complexity index is 1030. The van der Waals surface area contributed by atoms with Gasteiger partial charge in [0, 0.05) is 12.7 Å². The van der Waals surface area contributed by atoms with E-state index >= 15 is 0 Å². The lowest BCUT2D eigenvalue weighted by Gasteiger charge is -2.09. The van der Waals surface area contributed by atoms with Gasteiger partial charge >= 0.3 is 11.9 Å². The Kier molecular flexibility index (Phi) is 4.05. The molecule has 27 heavy (non-hydrogen) atoms. The Labute approximate surface area is 151 Å². The van der Waals surface area contributed by atoms with Crippen LogP contribution in [0.25, 0.3) is 11.0 Å². The van der Waals surface area contributed by atoms with Gasteiger partial charge in [0.1, 0.15) is 22.8 Å². The van der Waals surface area contributed by atoms with E-state index in [0.29, 0.717) is 11.5 Å². The minimum Gasteiger partial charge on any atom is -0.382 e. The highest BCUT2D eigenvalue weighted by atomic mass is 19.4. The number of nitrogens with zero attached hydrogens (tertiary/aromatic N) is 3. The summed E-state index contributed by atoms with van der Waals surface area (Å²) in [5.41, 5.74) is 4.71. The fraction of sp³-hybridized carbons (Fsp3) is 0.353. The number of nitrogens with one attached hydrogen (secondary N) is 2. The average molecular weight is 378 g/mol. The molecule has 3 aromatic rings. The minimum atomic E-state index is -4.66. The number of rotatable bonds is 5. The van der Waals surface area contributed by atoms with Crippen molar-refractivity contribution in [1.82, 2.24) is 19.5 Å². The maximum absolute atomic E-state index is 13.0. The van der Waals surface area contributed by atoms with E-state index in [1.165, 1.54) is 17.4 Å². The summed E-state index contributed by atoms with van der Waals surface area (Å²) in [6, 6.07) is 4.39. The highest BCUT2D eigenvalue weighted by molar-refractivity contribution is 5.85. The minimum absolute atomic E-state index is 0.0516. The first kappa shape index (κ1) is 17.4. The van der Waals surface area contributed by atoms with Crippen LogP contribution in [0.3, 0.4) is 0 Å². The van der Waals surface area contributed by atoms with E-state index in [-0.39, 0.29) is 23.4 Å². The van der Waals surface area contributed by atoms with Gasteiger partial charge in [-0.15, -0.1) is 0 Å². The van der Waals surface area contributed by atoms with E-state index in [0.717, 1.165) is 18.4 Å². The number of hydrogen-bond acceptors (Lipinski definition) is 5. The molecule has 0 aromatic carbocycles. The number of aromatic amines is 1. The van der Waals surface area contributed by atoms with Crippen LogP contribution in [0, 0.1) is 5.92 Å². The fourth-order valence-electron chi connectivity index (χ4n) is 2.85. The van der Waals surface area contributed by atoms with Crippen molar-refractivity contribution in [3.63, 3.8) is 0 Å². The van der Waals surface area contributed by atoms with Crippen LogP contribution >= 0.6 is 0 Å². The van der Waals surface area contributed by atoms with Crippen LogP contribution in [-0.4, -0.2) is 26.1 Å². The molecule has 7 nitrogen and oxygen atoms in total. The van der Waals surface area contributed by atoms with Gasteiger partial charge in [0.15, 0.2) is 0 Å². The van der Waals surface area contributed by atoms with E-state index in [4.69, 9.17) is 5.73 Å². The molecule has 1 aliphatic rings. The molecule has 4 N–H and O–H groups in total. The Balaban J connectivity index is 1.63. The second-order valence-corrected chi connectivity index (χ2v) is 6.68. The fourth-order valence-corrected chi connectivity index (χ4v) is 2.85. The predicted octanol–water partition coefficient (Wildman–Crippen LogP) is 2.59. The molecule has 1 aliphatic carbocycles. The normalized spacial score (nSPS) is 14.6. The third-order valence-corrected chi connectivity index (χ3v) is 4.52. The molecule has 3 aromatic heterocycles. The Hall–Kier alpha value is -3.04. The van der Waals surface area contributed by atoms with Gasteiger partial charge in [-0.3, -0.25) is 4.57 Å². The predicted molar refractivity (Wildman–Crippen MR) is 94.3 cm³/mol. The Morgan fingerprint density at radius 1 is 1.33 bits per heavy atom. The number of alkyl halides is 3. The van der Waals surface area contributed by atoms with Gasteiger partial charge in [-0.1, -0.05) is 6.07 Å². The second-order valence-electron chi connectivity index (χ2n) is 6.68. The molecular formula is C17H17F3N6O. The highest BCUT2D eigenvalue weighted by Gasteiger charge is 2.34. The molecule has 3 heterocycles. The molecule has 0 unspecified atom stereocenters.